The summed E-state index contributed by atoms with van der Waals surface area (Å²) >= 11 is 0. The van der Waals surface area contributed by atoms with Crippen molar-refractivity contribution >= 4 is 0 Å². The molecule has 3 nitrogen and oxygen atoms in total. The molecule has 1 aliphatic rings. The highest BCUT2D eigenvalue weighted by molar-refractivity contribution is 4.76. The van der Waals surface area contributed by atoms with Gasteiger partial charge >= 0.3 is 0 Å². The van der Waals surface area contributed by atoms with Crippen molar-refractivity contribution in [1.82, 2.24) is 0 Å². The first-order valence-corrected chi connectivity index (χ1v) is 3.71. The molecule has 0 aliphatic carbocycles. The van der Waals surface area contributed by atoms with Crippen LogP contribution in [0.5, 0.6) is 0 Å². The smallest absolute Gasteiger partial charge is 0.0833 e. The van der Waals surface area contributed by atoms with E-state index >= 15 is 0 Å². The molecule has 0 bridgehead atoms. The third-order valence-electron chi connectivity index (χ3n) is 1.85. The fraction of sp³-hybridized carbons (Fsp3) is 1.00. The average molecular weight is 146 g/mol. The summed E-state index contributed by atoms with van der Waals surface area (Å²) in [6.45, 7) is 2.33. The molecule has 0 aromatic heterocycles. The normalized spacial score (nSPS) is 41.7. The average Bonchev–Trinajstić information content (AvgIpc) is 1.88. The first kappa shape index (κ1) is 7.98. The van der Waals surface area contributed by atoms with Crippen LogP contribution in [-0.4, -0.2) is 35.1 Å². The number of ether oxygens (including phenoxy) is 1. The third-order valence-corrected chi connectivity index (χ3v) is 1.85. The lowest BCUT2D eigenvalue weighted by atomic mass is 10.0. The van der Waals surface area contributed by atoms with Gasteiger partial charge in [0, 0.05) is 6.42 Å². The highest BCUT2D eigenvalue weighted by Crippen LogP contribution is 2.16. The van der Waals surface area contributed by atoms with Crippen LogP contribution in [0.4, 0.5) is 0 Å². The Hall–Kier alpha value is -0.120. The van der Waals surface area contributed by atoms with E-state index in [1.165, 1.54) is 0 Å². The van der Waals surface area contributed by atoms with Crippen molar-refractivity contribution in [2.45, 2.75) is 38.1 Å². The summed E-state index contributed by atoms with van der Waals surface area (Å²) in [6, 6.07) is 0. The van der Waals surface area contributed by atoms with E-state index in [-0.39, 0.29) is 6.10 Å². The molecule has 0 unspecified atom stereocenters. The predicted octanol–water partition coefficient (Wildman–Crippen LogP) is -0.0929. The Labute approximate surface area is 60.6 Å². The molecule has 1 aliphatic heterocycles. The first-order valence-electron chi connectivity index (χ1n) is 3.71. The Morgan fingerprint density at radius 2 is 2.20 bits per heavy atom. The minimum absolute atomic E-state index is 0.0663. The molecular formula is C7H14O3. The lowest BCUT2D eigenvalue weighted by Crippen LogP contribution is -2.40. The predicted molar refractivity (Wildman–Crippen MR) is 36.7 cm³/mol. The summed E-state index contributed by atoms with van der Waals surface area (Å²) < 4.78 is 5.15. The van der Waals surface area contributed by atoms with E-state index < -0.39 is 12.2 Å². The summed E-state index contributed by atoms with van der Waals surface area (Å²) in [5, 5.41) is 18.3. The van der Waals surface area contributed by atoms with Gasteiger partial charge in [-0.3, -0.25) is 0 Å². The van der Waals surface area contributed by atoms with E-state index in [1.54, 1.807) is 0 Å². The molecule has 60 valence electrons. The van der Waals surface area contributed by atoms with Crippen molar-refractivity contribution in [1.29, 1.82) is 0 Å². The number of aliphatic hydroxyl groups is 2. The molecule has 1 heterocycles. The molecule has 1 rings (SSSR count). The summed E-state index contributed by atoms with van der Waals surface area (Å²) in [4.78, 5) is 0. The van der Waals surface area contributed by atoms with Crippen molar-refractivity contribution < 1.29 is 14.9 Å². The van der Waals surface area contributed by atoms with Crippen LogP contribution in [-0.2, 0) is 4.74 Å². The van der Waals surface area contributed by atoms with Crippen LogP contribution in [0.2, 0.25) is 0 Å². The van der Waals surface area contributed by atoms with E-state index in [0.29, 0.717) is 13.0 Å². The zero-order valence-corrected chi connectivity index (χ0v) is 6.16. The Kier molecular flexibility index (Phi) is 2.65. The molecule has 0 radical (unpaired) electrons. The SMILES string of the molecule is CC[C@@H]1OC[C@@H](O)C[C@H]1O. The maximum Gasteiger partial charge on any atom is 0.0833 e. The van der Waals surface area contributed by atoms with Gasteiger partial charge in [0.05, 0.1) is 24.9 Å². The molecule has 3 atom stereocenters. The molecule has 10 heavy (non-hydrogen) atoms. The minimum Gasteiger partial charge on any atom is -0.391 e. The topological polar surface area (TPSA) is 49.7 Å². The standard InChI is InChI=1S/C7H14O3/c1-2-7-6(9)3-5(8)4-10-7/h5-9H,2-4H2,1H3/t5-,6+,7-/m0/s1. The van der Waals surface area contributed by atoms with Crippen molar-refractivity contribution in [3.05, 3.63) is 0 Å². The molecule has 0 saturated carbocycles. The van der Waals surface area contributed by atoms with Crippen LogP contribution in [0.3, 0.4) is 0 Å². The zero-order chi connectivity index (χ0) is 7.56. The second-order valence-electron chi connectivity index (χ2n) is 2.74. The Balaban J connectivity index is 2.36. The van der Waals surface area contributed by atoms with Crippen LogP contribution in [0, 0.1) is 0 Å². The van der Waals surface area contributed by atoms with Gasteiger partial charge in [-0.2, -0.15) is 0 Å². The lowest BCUT2D eigenvalue weighted by molar-refractivity contribution is -0.123. The van der Waals surface area contributed by atoms with Crippen LogP contribution in [0.25, 0.3) is 0 Å². The Morgan fingerprint density at radius 3 is 2.70 bits per heavy atom. The van der Waals surface area contributed by atoms with Gasteiger partial charge in [0.15, 0.2) is 0 Å². The van der Waals surface area contributed by atoms with E-state index in [2.05, 4.69) is 0 Å². The third kappa shape index (κ3) is 1.68. The van der Waals surface area contributed by atoms with E-state index in [4.69, 9.17) is 9.84 Å². The second-order valence-corrected chi connectivity index (χ2v) is 2.74. The van der Waals surface area contributed by atoms with Crippen molar-refractivity contribution in [2.24, 2.45) is 0 Å². The first-order chi connectivity index (χ1) is 4.74. The largest absolute Gasteiger partial charge is 0.391 e. The van der Waals surface area contributed by atoms with Gasteiger partial charge in [-0.05, 0) is 6.42 Å². The fourth-order valence-corrected chi connectivity index (χ4v) is 1.23. The molecular weight excluding hydrogens is 132 g/mol. The number of rotatable bonds is 1. The summed E-state index contributed by atoms with van der Waals surface area (Å²) in [7, 11) is 0. The Morgan fingerprint density at radius 1 is 1.50 bits per heavy atom. The van der Waals surface area contributed by atoms with Crippen LogP contribution in [0.1, 0.15) is 19.8 Å². The molecule has 0 aromatic rings. The minimum atomic E-state index is -0.478. The summed E-state index contributed by atoms with van der Waals surface area (Å²) in [6.07, 6.45) is 0.252. The maximum absolute atomic E-state index is 9.25. The lowest BCUT2D eigenvalue weighted by Gasteiger charge is -2.30. The summed E-state index contributed by atoms with van der Waals surface area (Å²) in [5.41, 5.74) is 0. The maximum atomic E-state index is 9.25. The van der Waals surface area contributed by atoms with Crippen LogP contribution >= 0.6 is 0 Å². The molecule has 2 N–H and O–H groups in total. The van der Waals surface area contributed by atoms with Gasteiger partial charge in [-0.25, -0.2) is 0 Å². The molecule has 0 amide bonds. The van der Waals surface area contributed by atoms with Gasteiger partial charge in [-0.1, -0.05) is 6.92 Å². The second kappa shape index (κ2) is 3.32. The number of hydrogen-bond acceptors (Lipinski definition) is 3. The molecule has 1 saturated heterocycles. The molecule has 0 aromatic carbocycles. The monoisotopic (exact) mass is 146 g/mol. The quantitative estimate of drug-likeness (QED) is 0.543. The van der Waals surface area contributed by atoms with Crippen molar-refractivity contribution in [2.75, 3.05) is 6.61 Å². The highest BCUT2D eigenvalue weighted by Gasteiger charge is 2.26. The molecule has 1 fully saturated rings. The van der Waals surface area contributed by atoms with Crippen LogP contribution < -0.4 is 0 Å². The van der Waals surface area contributed by atoms with Gasteiger partial charge in [0.1, 0.15) is 0 Å². The van der Waals surface area contributed by atoms with E-state index in [0.717, 1.165) is 6.42 Å². The molecule has 3 heteroatoms. The fourth-order valence-electron chi connectivity index (χ4n) is 1.23. The van der Waals surface area contributed by atoms with Crippen molar-refractivity contribution in [3.63, 3.8) is 0 Å². The van der Waals surface area contributed by atoms with Gasteiger partial charge in [-0.15, -0.1) is 0 Å². The van der Waals surface area contributed by atoms with Gasteiger partial charge in [0.2, 0.25) is 0 Å². The molecule has 0 spiro atoms. The van der Waals surface area contributed by atoms with Crippen LogP contribution in [0.15, 0.2) is 0 Å². The Bertz CT molecular complexity index is 105. The number of aliphatic hydroxyl groups excluding tert-OH is 2. The van der Waals surface area contributed by atoms with Gasteiger partial charge < -0.3 is 14.9 Å². The highest BCUT2D eigenvalue weighted by atomic mass is 16.5. The zero-order valence-electron chi connectivity index (χ0n) is 6.16. The van der Waals surface area contributed by atoms with E-state index in [9.17, 15) is 5.11 Å². The number of hydrogen-bond donors (Lipinski definition) is 2. The van der Waals surface area contributed by atoms with Crippen molar-refractivity contribution in [3.8, 4) is 0 Å². The van der Waals surface area contributed by atoms with Gasteiger partial charge in [0.25, 0.3) is 0 Å². The van der Waals surface area contributed by atoms with E-state index in [1.807, 2.05) is 6.92 Å². The summed E-state index contributed by atoms with van der Waals surface area (Å²) in [5.74, 6) is 0.